The Bertz CT molecular complexity index is 1810. The zero-order valence-corrected chi connectivity index (χ0v) is 28.8. The molecule has 1 aliphatic carbocycles. The van der Waals surface area contributed by atoms with Gasteiger partial charge in [0.2, 0.25) is 0 Å². The van der Waals surface area contributed by atoms with Crippen molar-refractivity contribution in [2.75, 3.05) is 29.6 Å². The molecule has 15 heteroatoms. The first-order valence-corrected chi connectivity index (χ1v) is 17.3. The highest BCUT2D eigenvalue weighted by Gasteiger charge is 2.36. The Labute approximate surface area is 284 Å². The molecule has 2 N–H and O–H groups in total. The van der Waals surface area contributed by atoms with Gasteiger partial charge in [-0.25, -0.2) is 22.9 Å². The summed E-state index contributed by atoms with van der Waals surface area (Å²) in [4.78, 5) is 48.6. The highest BCUT2D eigenvalue weighted by molar-refractivity contribution is 7.84. The summed E-state index contributed by atoms with van der Waals surface area (Å²) >= 11 is 0. The lowest BCUT2D eigenvalue weighted by Crippen LogP contribution is -2.51. The van der Waals surface area contributed by atoms with Crippen molar-refractivity contribution in [2.45, 2.75) is 76.5 Å². The molecule has 1 saturated heterocycles. The highest BCUT2D eigenvalue weighted by Crippen LogP contribution is 2.43. The minimum atomic E-state index is -1.70. The molecule has 0 saturated carbocycles. The molecule has 1 aliphatic heterocycles. The molecule has 49 heavy (non-hydrogen) atoms. The van der Waals surface area contributed by atoms with E-state index in [1.54, 1.807) is 20.8 Å². The van der Waals surface area contributed by atoms with Crippen molar-refractivity contribution in [1.82, 2.24) is 15.3 Å². The molecule has 1 fully saturated rings. The predicted octanol–water partition coefficient (Wildman–Crippen LogP) is 5.84. The summed E-state index contributed by atoms with van der Waals surface area (Å²) in [5.41, 5.74) is -0.377. The van der Waals surface area contributed by atoms with Crippen LogP contribution in [0.1, 0.15) is 75.3 Å². The number of anilines is 2. The molecule has 2 amide bonds. The van der Waals surface area contributed by atoms with Gasteiger partial charge in [0.25, 0.3) is 5.91 Å². The molecule has 3 heterocycles. The maximum Gasteiger partial charge on any atom is 0.407 e. The Morgan fingerprint density at radius 1 is 1.06 bits per heavy atom. The average molecular weight is 702 g/mol. The Hall–Kier alpha value is -4.53. The zero-order chi connectivity index (χ0) is 35.8. The van der Waals surface area contributed by atoms with Gasteiger partial charge in [0.15, 0.2) is 0 Å². The van der Waals surface area contributed by atoms with Crippen molar-refractivity contribution in [3.05, 3.63) is 64.9 Å². The molecule has 0 bridgehead atoms. The van der Waals surface area contributed by atoms with Crippen molar-refractivity contribution in [3.63, 3.8) is 0 Å². The van der Waals surface area contributed by atoms with Crippen LogP contribution in [0.5, 0.6) is 0 Å². The van der Waals surface area contributed by atoms with Crippen molar-refractivity contribution >= 4 is 40.1 Å². The summed E-state index contributed by atoms with van der Waals surface area (Å²) in [7, 11) is -1.70. The van der Waals surface area contributed by atoms with Gasteiger partial charge in [0.1, 0.15) is 40.5 Å². The van der Waals surface area contributed by atoms with Crippen LogP contribution in [0.25, 0.3) is 11.3 Å². The van der Waals surface area contributed by atoms with Crippen LogP contribution < -0.4 is 15.5 Å². The second-order valence-electron chi connectivity index (χ2n) is 13.3. The second-order valence-corrected chi connectivity index (χ2v) is 14.7. The van der Waals surface area contributed by atoms with Gasteiger partial charge in [-0.15, -0.1) is 0 Å². The number of fused-ring (bicyclic) bond motifs is 1. The van der Waals surface area contributed by atoms with Crippen LogP contribution in [0.2, 0.25) is 0 Å². The van der Waals surface area contributed by atoms with Crippen molar-refractivity contribution in [1.29, 1.82) is 0 Å². The minimum absolute atomic E-state index is 0.106. The lowest BCUT2D eigenvalue weighted by molar-refractivity contribution is -0.146. The van der Waals surface area contributed by atoms with Crippen molar-refractivity contribution < 1.29 is 41.2 Å². The van der Waals surface area contributed by atoms with Crippen LogP contribution in [0.3, 0.4) is 0 Å². The Balaban J connectivity index is 1.50. The fraction of sp³-hybridized carbons (Fsp3) is 0.441. The number of pyridine rings is 2. The van der Waals surface area contributed by atoms with Crippen molar-refractivity contribution in [3.8, 4) is 11.3 Å². The van der Waals surface area contributed by atoms with Gasteiger partial charge in [0, 0.05) is 53.6 Å². The van der Waals surface area contributed by atoms with Crippen molar-refractivity contribution in [2.24, 2.45) is 5.92 Å². The zero-order valence-electron chi connectivity index (χ0n) is 28.0. The molecular weight excluding hydrogens is 663 g/mol. The summed E-state index contributed by atoms with van der Waals surface area (Å²) in [5.74, 6) is -4.60. The number of esters is 1. The van der Waals surface area contributed by atoms with Gasteiger partial charge >= 0.3 is 12.1 Å². The molecule has 3 aromatic rings. The third kappa shape index (κ3) is 8.20. The number of nitrogens with zero attached hydrogens (tertiary/aromatic N) is 3. The fourth-order valence-corrected chi connectivity index (χ4v) is 6.79. The van der Waals surface area contributed by atoms with E-state index in [1.165, 1.54) is 19.4 Å². The van der Waals surface area contributed by atoms with Gasteiger partial charge in [-0.2, -0.15) is 0 Å². The smallest absolute Gasteiger partial charge is 0.407 e. The van der Waals surface area contributed by atoms with Crippen LogP contribution in [0.15, 0.2) is 35.4 Å². The molecule has 11 nitrogen and oxygen atoms in total. The fourth-order valence-electron chi connectivity index (χ4n) is 6.25. The number of rotatable bonds is 7. The molecule has 2 aliphatic rings. The van der Waals surface area contributed by atoms with Gasteiger partial charge < -0.3 is 25.0 Å². The van der Waals surface area contributed by atoms with Gasteiger partial charge in [-0.05, 0) is 70.2 Å². The number of carbonyl (C=O) groups is 3. The summed E-state index contributed by atoms with van der Waals surface area (Å²) in [5, 5.41) is 5.73. The van der Waals surface area contributed by atoms with E-state index in [1.807, 2.05) is 11.8 Å². The van der Waals surface area contributed by atoms with Gasteiger partial charge in [0.05, 0.1) is 28.8 Å². The summed E-state index contributed by atoms with van der Waals surface area (Å²) < 4.78 is 67.6. The first-order valence-electron chi connectivity index (χ1n) is 15.7. The summed E-state index contributed by atoms with van der Waals surface area (Å²) in [6.07, 6.45) is 3.15. The predicted molar refractivity (Wildman–Crippen MR) is 176 cm³/mol. The van der Waals surface area contributed by atoms with Crippen LogP contribution in [0, 0.1) is 23.4 Å². The number of hydrogen-bond acceptors (Lipinski definition) is 9. The Morgan fingerprint density at radius 2 is 1.76 bits per heavy atom. The second kappa shape index (κ2) is 14.1. The van der Waals surface area contributed by atoms with Gasteiger partial charge in [-0.3, -0.25) is 18.8 Å². The number of carbonyl (C=O) groups excluding carboxylic acids is 3. The number of benzene rings is 1. The third-order valence-electron chi connectivity index (χ3n) is 8.06. The van der Waals surface area contributed by atoms with E-state index in [-0.39, 0.29) is 28.2 Å². The van der Waals surface area contributed by atoms with Crippen LogP contribution in [-0.2, 0) is 31.5 Å². The van der Waals surface area contributed by atoms with E-state index in [2.05, 4.69) is 20.6 Å². The largest absolute Gasteiger partial charge is 0.456 e. The molecule has 2 unspecified atom stereocenters. The SMILES string of the molecule is CC(=O)OC1CCc2c1ncc(NC(=O)c1ccc(F)c(-c3c(F)cc(S(C)=O)cc3F)n1)c2N1C[C@H](C)C[C@H](NC(=O)OC(C)(C)C)C1. The molecular formula is C34H38F3N5O6S. The lowest BCUT2D eigenvalue weighted by Gasteiger charge is -2.40. The number of alkyl carbamates (subject to hydrolysis) is 1. The molecule has 262 valence electrons. The lowest BCUT2D eigenvalue weighted by atomic mass is 9.94. The third-order valence-corrected chi connectivity index (χ3v) is 8.96. The van der Waals surface area contributed by atoms with E-state index in [4.69, 9.17) is 9.47 Å². The first-order chi connectivity index (χ1) is 23.0. The molecule has 0 radical (unpaired) electrons. The number of ether oxygens (including phenoxy) is 2. The Kier molecular flexibility index (Phi) is 10.3. The number of hydrogen-bond donors (Lipinski definition) is 2. The summed E-state index contributed by atoms with van der Waals surface area (Å²) in [6, 6.07) is 3.32. The molecule has 5 rings (SSSR count). The van der Waals surface area contributed by atoms with E-state index in [0.29, 0.717) is 43.7 Å². The number of aromatic nitrogens is 2. The van der Waals surface area contributed by atoms with Crippen LogP contribution in [0.4, 0.5) is 29.3 Å². The monoisotopic (exact) mass is 701 g/mol. The topological polar surface area (TPSA) is 140 Å². The maximum absolute atomic E-state index is 15.0. The quantitative estimate of drug-likeness (QED) is 0.291. The number of halogens is 3. The molecule has 4 atom stereocenters. The standard InChI is InChI=1S/C34H38F3N5O6S/c1-17-11-19(39-33(45)48-34(3,4)5)16-42(15-17)31-21-7-10-27(47-18(2)43)29(21)38-14-26(31)41-32(44)25-9-8-22(35)30(40-25)28-23(36)12-20(49(6)46)13-24(28)37/h8-9,12-14,17,19,27H,7,10-11,15-16H2,1-6H3,(H,39,45)(H,41,44)/t17-,19+,27?,49?/m1/s1. The van der Waals surface area contributed by atoms with E-state index in [9.17, 15) is 31.8 Å². The van der Waals surface area contributed by atoms with Crippen LogP contribution in [-0.4, -0.2) is 63.1 Å². The first kappa shape index (κ1) is 35.8. The Morgan fingerprint density at radius 3 is 2.39 bits per heavy atom. The normalized spacial score (nSPS) is 19.5. The van der Waals surface area contributed by atoms with Gasteiger partial charge in [-0.1, -0.05) is 6.92 Å². The highest BCUT2D eigenvalue weighted by atomic mass is 32.2. The van der Waals surface area contributed by atoms with E-state index < -0.39 is 69.2 Å². The summed E-state index contributed by atoms with van der Waals surface area (Å²) in [6.45, 7) is 9.58. The molecule has 2 aromatic heterocycles. The molecule has 0 spiro atoms. The molecule has 1 aromatic carbocycles. The number of nitrogens with one attached hydrogen (secondary N) is 2. The minimum Gasteiger partial charge on any atom is -0.456 e. The number of piperidine rings is 1. The van der Waals surface area contributed by atoms with E-state index >= 15 is 0 Å². The van der Waals surface area contributed by atoms with E-state index in [0.717, 1.165) is 29.8 Å². The number of amides is 2. The maximum atomic E-state index is 15.0. The van der Waals surface area contributed by atoms with Crippen LogP contribution >= 0.6 is 0 Å². The average Bonchev–Trinajstić information content (AvgIpc) is 3.37.